The average Bonchev–Trinajstić information content (AvgIpc) is 2.26. The molecule has 20 heavy (non-hydrogen) atoms. The van der Waals surface area contributed by atoms with Gasteiger partial charge in [-0.25, -0.2) is 4.79 Å². The lowest BCUT2D eigenvalue weighted by Crippen LogP contribution is -2.52. The Hall–Kier alpha value is -1.30. The van der Waals surface area contributed by atoms with Gasteiger partial charge in [0.05, 0.1) is 19.1 Å². The van der Waals surface area contributed by atoms with E-state index in [9.17, 15) is 9.59 Å². The van der Waals surface area contributed by atoms with Crippen LogP contribution in [0.4, 0.5) is 4.79 Å². The van der Waals surface area contributed by atoms with Crippen LogP contribution in [0.15, 0.2) is 0 Å². The third-order valence-electron chi connectivity index (χ3n) is 3.07. The van der Waals surface area contributed by atoms with Crippen molar-refractivity contribution in [1.29, 1.82) is 0 Å². The second-order valence-electron chi connectivity index (χ2n) is 6.08. The van der Waals surface area contributed by atoms with Crippen LogP contribution in [0.1, 0.15) is 47.0 Å². The van der Waals surface area contributed by atoms with Crippen molar-refractivity contribution in [2.75, 3.05) is 13.7 Å². The van der Waals surface area contributed by atoms with Crippen LogP contribution < -0.4 is 10.6 Å². The molecular formula is C14H28N2O4. The molecule has 0 aromatic rings. The van der Waals surface area contributed by atoms with E-state index in [1.54, 1.807) is 7.11 Å². The largest absolute Gasteiger partial charge is 0.481 e. The number of methoxy groups -OCH3 is 1. The van der Waals surface area contributed by atoms with Gasteiger partial charge < -0.3 is 20.5 Å². The van der Waals surface area contributed by atoms with Crippen LogP contribution in [0.5, 0.6) is 0 Å². The van der Waals surface area contributed by atoms with E-state index in [2.05, 4.69) is 10.6 Å². The van der Waals surface area contributed by atoms with E-state index in [1.165, 1.54) is 0 Å². The first-order chi connectivity index (χ1) is 9.20. The summed E-state index contributed by atoms with van der Waals surface area (Å²) in [4.78, 5) is 22.8. The Bertz CT molecular complexity index is 307. The van der Waals surface area contributed by atoms with E-state index >= 15 is 0 Å². The summed E-state index contributed by atoms with van der Waals surface area (Å²) < 4.78 is 5.06. The SMILES string of the molecule is CCCC(COC)NC(=O)NC(CC(=O)O)C(C)(C)C. The second-order valence-corrected chi connectivity index (χ2v) is 6.08. The molecule has 0 aliphatic carbocycles. The summed E-state index contributed by atoms with van der Waals surface area (Å²) in [6, 6.07) is -0.832. The van der Waals surface area contributed by atoms with E-state index in [0.29, 0.717) is 6.61 Å². The van der Waals surface area contributed by atoms with Gasteiger partial charge in [0.25, 0.3) is 0 Å². The van der Waals surface area contributed by atoms with Crippen LogP contribution in [0, 0.1) is 5.41 Å². The Morgan fingerprint density at radius 2 is 1.85 bits per heavy atom. The van der Waals surface area contributed by atoms with E-state index in [1.807, 2.05) is 27.7 Å². The maximum atomic E-state index is 12.0. The number of aliphatic carboxylic acids is 1. The van der Waals surface area contributed by atoms with Crippen molar-refractivity contribution < 1.29 is 19.4 Å². The summed E-state index contributed by atoms with van der Waals surface area (Å²) in [5.41, 5.74) is -0.322. The lowest BCUT2D eigenvalue weighted by atomic mass is 9.85. The van der Waals surface area contributed by atoms with Crippen molar-refractivity contribution >= 4 is 12.0 Å². The summed E-state index contributed by atoms with van der Waals surface area (Å²) >= 11 is 0. The predicted octanol–water partition coefficient (Wildman–Crippen LogP) is 1.99. The van der Waals surface area contributed by atoms with E-state index in [0.717, 1.165) is 12.8 Å². The fourth-order valence-corrected chi connectivity index (χ4v) is 1.88. The van der Waals surface area contributed by atoms with E-state index in [4.69, 9.17) is 9.84 Å². The minimum atomic E-state index is -0.924. The first kappa shape index (κ1) is 18.7. The normalized spacial score (nSPS) is 14.4. The van der Waals surface area contributed by atoms with Gasteiger partial charge in [0.15, 0.2) is 0 Å². The molecule has 0 rings (SSSR count). The highest BCUT2D eigenvalue weighted by Crippen LogP contribution is 2.21. The number of carboxylic acid groups (broad SMARTS) is 1. The monoisotopic (exact) mass is 288 g/mol. The number of urea groups is 1. The Kier molecular flexibility index (Phi) is 8.22. The number of hydrogen-bond donors (Lipinski definition) is 3. The molecule has 0 bridgehead atoms. The smallest absolute Gasteiger partial charge is 0.315 e. The fourth-order valence-electron chi connectivity index (χ4n) is 1.88. The van der Waals surface area contributed by atoms with Crippen molar-refractivity contribution in [2.24, 2.45) is 5.41 Å². The molecule has 0 aromatic heterocycles. The van der Waals surface area contributed by atoms with Gasteiger partial charge in [0, 0.05) is 13.2 Å². The van der Waals surface area contributed by atoms with Crippen molar-refractivity contribution in [2.45, 2.75) is 59.0 Å². The highest BCUT2D eigenvalue weighted by Gasteiger charge is 2.28. The molecule has 0 saturated carbocycles. The third-order valence-corrected chi connectivity index (χ3v) is 3.07. The van der Waals surface area contributed by atoms with Gasteiger partial charge in [0.1, 0.15) is 0 Å². The number of hydrogen-bond acceptors (Lipinski definition) is 3. The number of nitrogens with one attached hydrogen (secondary N) is 2. The number of carboxylic acids is 1. The lowest BCUT2D eigenvalue weighted by Gasteiger charge is -2.31. The number of carbonyl (C=O) groups is 2. The zero-order valence-electron chi connectivity index (χ0n) is 13.2. The quantitative estimate of drug-likeness (QED) is 0.637. The van der Waals surface area contributed by atoms with Crippen molar-refractivity contribution in [3.05, 3.63) is 0 Å². The molecule has 0 heterocycles. The first-order valence-electron chi connectivity index (χ1n) is 6.98. The van der Waals surface area contributed by atoms with Gasteiger partial charge in [-0.05, 0) is 11.8 Å². The molecule has 0 aliphatic heterocycles. The Morgan fingerprint density at radius 3 is 2.25 bits per heavy atom. The van der Waals surface area contributed by atoms with Gasteiger partial charge in [-0.3, -0.25) is 4.79 Å². The van der Waals surface area contributed by atoms with E-state index < -0.39 is 12.0 Å². The Balaban J connectivity index is 4.54. The molecule has 2 unspecified atom stereocenters. The molecule has 0 aromatic carbocycles. The van der Waals surface area contributed by atoms with Crippen molar-refractivity contribution in [3.8, 4) is 0 Å². The minimum absolute atomic E-state index is 0.0598. The first-order valence-corrected chi connectivity index (χ1v) is 6.98. The number of carbonyl (C=O) groups excluding carboxylic acids is 1. The lowest BCUT2D eigenvalue weighted by molar-refractivity contribution is -0.138. The van der Waals surface area contributed by atoms with E-state index in [-0.39, 0.29) is 23.9 Å². The molecule has 2 amide bonds. The second kappa shape index (κ2) is 8.79. The molecule has 0 spiro atoms. The van der Waals surface area contributed by atoms with Crippen LogP contribution in [0.2, 0.25) is 0 Å². The average molecular weight is 288 g/mol. The maximum Gasteiger partial charge on any atom is 0.315 e. The van der Waals surface area contributed by atoms with Crippen molar-refractivity contribution in [3.63, 3.8) is 0 Å². The number of ether oxygens (including phenoxy) is 1. The van der Waals surface area contributed by atoms with Gasteiger partial charge in [-0.1, -0.05) is 34.1 Å². The molecule has 0 radical (unpaired) electrons. The molecule has 2 atom stereocenters. The molecule has 6 nitrogen and oxygen atoms in total. The van der Waals surface area contributed by atoms with Crippen molar-refractivity contribution in [1.82, 2.24) is 10.6 Å². The topological polar surface area (TPSA) is 87.7 Å². The van der Waals surface area contributed by atoms with Crippen LogP contribution in [-0.2, 0) is 9.53 Å². The van der Waals surface area contributed by atoms with Gasteiger partial charge in [-0.15, -0.1) is 0 Å². The number of rotatable bonds is 8. The van der Waals surface area contributed by atoms with Crippen LogP contribution in [0.25, 0.3) is 0 Å². The maximum absolute atomic E-state index is 12.0. The van der Waals surface area contributed by atoms with Crippen LogP contribution >= 0.6 is 0 Å². The van der Waals surface area contributed by atoms with Gasteiger partial charge in [0.2, 0.25) is 0 Å². The summed E-state index contributed by atoms with van der Waals surface area (Å²) in [5, 5.41) is 14.5. The summed E-state index contributed by atoms with van der Waals surface area (Å²) in [7, 11) is 1.59. The highest BCUT2D eigenvalue weighted by atomic mass is 16.5. The molecule has 0 saturated heterocycles. The zero-order valence-corrected chi connectivity index (χ0v) is 13.2. The Labute approximate surface area is 121 Å². The minimum Gasteiger partial charge on any atom is -0.481 e. The summed E-state index contributed by atoms with van der Waals surface area (Å²) in [6.45, 7) is 8.18. The highest BCUT2D eigenvalue weighted by molar-refractivity contribution is 5.76. The van der Waals surface area contributed by atoms with Gasteiger partial charge in [-0.2, -0.15) is 0 Å². The predicted molar refractivity (Wildman–Crippen MR) is 77.7 cm³/mol. The van der Waals surface area contributed by atoms with Crippen LogP contribution in [0.3, 0.4) is 0 Å². The summed E-state index contributed by atoms with van der Waals surface area (Å²) in [6.07, 6.45) is 1.66. The number of amides is 2. The standard InChI is InChI=1S/C14H28N2O4/c1-6-7-10(9-20-5)15-13(19)16-11(8-12(17)18)14(2,3)4/h10-11H,6-9H2,1-5H3,(H,17,18)(H2,15,16,19). The molecule has 0 fully saturated rings. The zero-order chi connectivity index (χ0) is 15.8. The molecule has 118 valence electrons. The molecule has 6 heteroatoms. The molecular weight excluding hydrogens is 260 g/mol. The van der Waals surface area contributed by atoms with Crippen LogP contribution in [-0.4, -0.2) is 42.9 Å². The third kappa shape index (κ3) is 7.99. The summed E-state index contributed by atoms with van der Waals surface area (Å²) in [5.74, 6) is -0.924. The Morgan fingerprint density at radius 1 is 1.25 bits per heavy atom. The van der Waals surface area contributed by atoms with Gasteiger partial charge >= 0.3 is 12.0 Å². The fraction of sp³-hybridized carbons (Fsp3) is 0.857. The molecule has 0 aliphatic rings. The molecule has 3 N–H and O–H groups in total.